The minimum Gasteiger partial charge on any atom is -0.494 e. The van der Waals surface area contributed by atoms with Gasteiger partial charge in [0.25, 0.3) is 0 Å². The molecule has 2 aliphatic rings. The average Bonchev–Trinajstić information content (AvgIpc) is 3.52. The van der Waals surface area contributed by atoms with Crippen molar-refractivity contribution >= 4 is 23.9 Å². The number of carbonyl (C=O) groups excluding carboxylic acids is 1. The van der Waals surface area contributed by atoms with Gasteiger partial charge >= 0.3 is 0 Å². The molecule has 2 aromatic rings. The third-order valence-corrected chi connectivity index (χ3v) is 5.59. The third kappa shape index (κ3) is 4.73. The van der Waals surface area contributed by atoms with Gasteiger partial charge in [-0.15, -0.1) is 12.4 Å². The van der Waals surface area contributed by atoms with Gasteiger partial charge in [0.2, 0.25) is 0 Å². The molecule has 2 aromatic carbocycles. The zero-order valence-corrected chi connectivity index (χ0v) is 17.5. The van der Waals surface area contributed by atoms with E-state index in [0.29, 0.717) is 13.1 Å². The Bertz CT molecular complexity index is 906. The molecule has 0 atom stereocenters. The first kappa shape index (κ1) is 22.4. The quantitative estimate of drug-likeness (QED) is 0.627. The summed E-state index contributed by atoms with van der Waals surface area (Å²) < 4.78 is 48.2. The summed E-state index contributed by atoms with van der Waals surface area (Å²) >= 11 is 0. The maximum atomic E-state index is 14.7. The molecule has 0 radical (unpaired) electrons. The van der Waals surface area contributed by atoms with Crippen LogP contribution in [0.25, 0.3) is 0 Å². The minimum absolute atomic E-state index is 0. The number of benzene rings is 2. The van der Waals surface area contributed by atoms with E-state index in [0.717, 1.165) is 43.8 Å². The van der Waals surface area contributed by atoms with Crippen molar-refractivity contribution in [3.8, 4) is 5.75 Å². The number of rotatable bonds is 6. The number of nitrogens with zero attached hydrogens (tertiary/aromatic N) is 2. The summed E-state index contributed by atoms with van der Waals surface area (Å²) in [6.07, 6.45) is 2.55. The monoisotopic (exact) mass is 440 g/mol. The fourth-order valence-corrected chi connectivity index (χ4v) is 3.79. The second-order valence-electron chi connectivity index (χ2n) is 7.70. The zero-order chi connectivity index (χ0) is 20.5. The van der Waals surface area contributed by atoms with Crippen molar-refractivity contribution < 1.29 is 22.7 Å². The topological polar surface area (TPSA) is 32.8 Å². The normalized spacial score (nSPS) is 16.9. The fourth-order valence-electron chi connectivity index (χ4n) is 3.79. The lowest BCUT2D eigenvalue weighted by Gasteiger charge is -2.36. The molecule has 2 fully saturated rings. The van der Waals surface area contributed by atoms with Gasteiger partial charge in [-0.3, -0.25) is 9.69 Å². The van der Waals surface area contributed by atoms with Crippen LogP contribution in [0.15, 0.2) is 30.3 Å². The first-order chi connectivity index (χ1) is 14.0. The van der Waals surface area contributed by atoms with Gasteiger partial charge in [0.1, 0.15) is 17.3 Å². The van der Waals surface area contributed by atoms with Crippen molar-refractivity contribution in [3.05, 3.63) is 58.9 Å². The Morgan fingerprint density at radius 3 is 2.10 bits per heavy atom. The van der Waals surface area contributed by atoms with Crippen LogP contribution in [0, 0.1) is 23.4 Å². The third-order valence-electron chi connectivity index (χ3n) is 5.59. The molecule has 0 bridgehead atoms. The molecule has 1 saturated heterocycles. The number of hydrogen-bond donors (Lipinski definition) is 0. The van der Waals surface area contributed by atoms with Gasteiger partial charge in [0.15, 0.2) is 17.3 Å². The van der Waals surface area contributed by atoms with E-state index in [9.17, 15) is 18.0 Å². The Balaban J connectivity index is 0.00000256. The Kier molecular flexibility index (Phi) is 6.93. The summed E-state index contributed by atoms with van der Waals surface area (Å²) in [6, 6.07) is 5.74. The highest BCUT2D eigenvalue weighted by molar-refractivity contribution is 6.09. The van der Waals surface area contributed by atoms with Gasteiger partial charge in [-0.05, 0) is 49.1 Å². The van der Waals surface area contributed by atoms with Crippen molar-refractivity contribution in [1.29, 1.82) is 0 Å². The van der Waals surface area contributed by atoms with Crippen LogP contribution in [-0.4, -0.2) is 50.5 Å². The van der Waals surface area contributed by atoms with Gasteiger partial charge in [-0.1, -0.05) is 0 Å². The van der Waals surface area contributed by atoms with Crippen LogP contribution in [0.4, 0.5) is 18.9 Å². The summed E-state index contributed by atoms with van der Waals surface area (Å²) in [5.41, 5.74) is -0.252. The number of methoxy groups -OCH3 is 1. The van der Waals surface area contributed by atoms with E-state index in [4.69, 9.17) is 4.74 Å². The Hall–Kier alpha value is -2.25. The Morgan fingerprint density at radius 2 is 1.57 bits per heavy atom. The highest BCUT2D eigenvalue weighted by atomic mass is 35.5. The highest BCUT2D eigenvalue weighted by Crippen LogP contribution is 2.31. The number of piperazine rings is 1. The maximum absolute atomic E-state index is 14.7. The molecule has 0 N–H and O–H groups in total. The van der Waals surface area contributed by atoms with Crippen molar-refractivity contribution in [2.75, 3.05) is 44.7 Å². The van der Waals surface area contributed by atoms with E-state index in [1.54, 1.807) is 4.90 Å². The van der Waals surface area contributed by atoms with Gasteiger partial charge in [0.05, 0.1) is 7.11 Å². The largest absolute Gasteiger partial charge is 0.494 e. The summed E-state index contributed by atoms with van der Waals surface area (Å²) in [7, 11) is 1.31. The minimum atomic E-state index is -0.780. The van der Waals surface area contributed by atoms with Gasteiger partial charge in [-0.25, -0.2) is 13.2 Å². The van der Waals surface area contributed by atoms with Crippen LogP contribution in [0.5, 0.6) is 5.75 Å². The lowest BCUT2D eigenvalue weighted by molar-refractivity contribution is 0.103. The molecule has 8 heteroatoms. The van der Waals surface area contributed by atoms with Gasteiger partial charge < -0.3 is 9.64 Å². The Morgan fingerprint density at radius 1 is 0.967 bits per heavy atom. The highest BCUT2D eigenvalue weighted by Gasteiger charge is 2.28. The molecule has 1 aliphatic carbocycles. The smallest absolute Gasteiger partial charge is 0.193 e. The molecule has 4 rings (SSSR count). The number of ether oxygens (including phenoxy) is 1. The first-order valence-corrected chi connectivity index (χ1v) is 9.81. The summed E-state index contributed by atoms with van der Waals surface area (Å²) in [5.74, 6) is -2.14. The molecule has 1 heterocycles. The second kappa shape index (κ2) is 9.27. The number of ketones is 1. The molecule has 1 saturated carbocycles. The summed E-state index contributed by atoms with van der Waals surface area (Å²) in [6.45, 7) is 3.67. The van der Waals surface area contributed by atoms with Crippen molar-refractivity contribution in [1.82, 2.24) is 4.90 Å². The molecule has 0 unspecified atom stereocenters. The molecule has 1 aliphatic heterocycles. The molecule has 0 spiro atoms. The van der Waals surface area contributed by atoms with E-state index >= 15 is 0 Å². The van der Waals surface area contributed by atoms with Gasteiger partial charge in [-0.2, -0.15) is 0 Å². The lowest BCUT2D eigenvalue weighted by Crippen LogP contribution is -2.47. The summed E-state index contributed by atoms with van der Waals surface area (Å²) in [4.78, 5) is 16.6. The van der Waals surface area contributed by atoms with E-state index in [-0.39, 0.29) is 35.0 Å². The van der Waals surface area contributed by atoms with Crippen LogP contribution >= 0.6 is 12.4 Å². The summed E-state index contributed by atoms with van der Waals surface area (Å²) in [5, 5.41) is 0. The van der Waals surface area contributed by atoms with Crippen molar-refractivity contribution in [3.63, 3.8) is 0 Å². The van der Waals surface area contributed by atoms with E-state index in [1.165, 1.54) is 32.1 Å². The molecule has 4 nitrogen and oxygen atoms in total. The molecular formula is C22H24ClF3N2O2. The van der Waals surface area contributed by atoms with E-state index in [1.807, 2.05) is 0 Å². The van der Waals surface area contributed by atoms with Crippen LogP contribution in [0.2, 0.25) is 0 Å². The average molecular weight is 441 g/mol. The maximum Gasteiger partial charge on any atom is 0.193 e. The second-order valence-corrected chi connectivity index (χ2v) is 7.70. The first-order valence-electron chi connectivity index (χ1n) is 9.81. The Labute approximate surface area is 180 Å². The van der Waals surface area contributed by atoms with Crippen LogP contribution in [0.3, 0.4) is 0 Å². The van der Waals surface area contributed by atoms with Crippen LogP contribution in [0.1, 0.15) is 28.8 Å². The van der Waals surface area contributed by atoms with Crippen molar-refractivity contribution in [2.24, 2.45) is 5.92 Å². The molecule has 162 valence electrons. The zero-order valence-electron chi connectivity index (χ0n) is 16.7. The number of hydrogen-bond acceptors (Lipinski definition) is 4. The van der Waals surface area contributed by atoms with Crippen LogP contribution < -0.4 is 9.64 Å². The predicted octanol–water partition coefficient (Wildman–Crippen LogP) is 4.30. The fraction of sp³-hybridized carbons (Fsp3) is 0.409. The van der Waals surface area contributed by atoms with Crippen LogP contribution in [-0.2, 0) is 0 Å². The standard InChI is InChI=1S/C22H23F3N2O2.ClH/c1-29-20-5-4-15(10-17(20)23)22(28)16-11-18(24)21(19(25)12-16)27-8-6-26(7-9-27)13-14-2-3-14;/h4-5,10-12,14H,2-3,6-9,13H2,1H3;1H. The molecular weight excluding hydrogens is 417 g/mol. The number of halogens is 4. The van der Waals surface area contributed by atoms with Crippen molar-refractivity contribution in [2.45, 2.75) is 12.8 Å². The lowest BCUT2D eigenvalue weighted by atomic mass is 10.0. The van der Waals surface area contributed by atoms with E-state index < -0.39 is 23.2 Å². The SMILES string of the molecule is COc1ccc(C(=O)c2cc(F)c(N3CCN(CC4CC4)CC3)c(F)c2)cc1F.Cl. The number of anilines is 1. The molecule has 30 heavy (non-hydrogen) atoms. The number of carbonyl (C=O) groups is 1. The molecule has 0 amide bonds. The van der Waals surface area contributed by atoms with E-state index in [2.05, 4.69) is 4.90 Å². The predicted molar refractivity (Wildman–Crippen MR) is 111 cm³/mol. The molecule has 0 aromatic heterocycles. The van der Waals surface area contributed by atoms with Gasteiger partial charge in [0, 0.05) is 43.9 Å².